The number of thioether (sulfide) groups is 1. The lowest BCUT2D eigenvalue weighted by Gasteiger charge is -2.07. The number of aromatic nitrogens is 1. The van der Waals surface area contributed by atoms with Gasteiger partial charge in [0.15, 0.2) is 4.34 Å². The molecule has 6 heteroatoms. The van der Waals surface area contributed by atoms with E-state index in [1.165, 1.54) is 11.8 Å². The summed E-state index contributed by atoms with van der Waals surface area (Å²) in [5.41, 5.74) is 2.04. The molecule has 0 unspecified atom stereocenters. The summed E-state index contributed by atoms with van der Waals surface area (Å²) in [7, 11) is 0. The van der Waals surface area contributed by atoms with Crippen LogP contribution in [-0.4, -0.2) is 29.8 Å². The maximum Gasteiger partial charge on any atom is 0.230 e. The van der Waals surface area contributed by atoms with E-state index < -0.39 is 0 Å². The molecule has 0 fully saturated rings. The second kappa shape index (κ2) is 9.25. The number of carbonyl (C=O) groups is 1. The molecule has 0 saturated heterocycles. The minimum atomic E-state index is -0.0156. The number of para-hydroxylation sites is 1. The number of hydrogen-bond donors (Lipinski definition) is 1. The zero-order chi connectivity index (χ0) is 17.3. The average molecular weight is 370 g/mol. The van der Waals surface area contributed by atoms with Gasteiger partial charge < -0.3 is 10.1 Å². The van der Waals surface area contributed by atoms with Gasteiger partial charge in [-0.25, -0.2) is 4.98 Å². The normalized spacial score (nSPS) is 10.4. The van der Waals surface area contributed by atoms with Gasteiger partial charge in [0.2, 0.25) is 5.91 Å². The standard InChI is InChI=1S/C19H18N2O2S2/c22-18(20-11-12-23-16-9-5-2-6-10-16)14-25-19-21-17(13-24-19)15-7-3-1-4-8-15/h1-10,13H,11-12,14H2,(H,20,22). The first-order chi connectivity index (χ1) is 12.3. The molecule has 0 radical (unpaired) electrons. The molecule has 1 N–H and O–H groups in total. The SMILES string of the molecule is O=C(CSc1nc(-c2ccccc2)cs1)NCCOc1ccccc1. The highest BCUT2D eigenvalue weighted by atomic mass is 32.2. The van der Waals surface area contributed by atoms with Crippen molar-refractivity contribution in [2.24, 2.45) is 0 Å². The Kier molecular flexibility index (Phi) is 6.48. The second-order valence-corrected chi connectivity index (χ2v) is 7.25. The Morgan fingerprint density at radius 2 is 1.80 bits per heavy atom. The summed E-state index contributed by atoms with van der Waals surface area (Å²) in [5.74, 6) is 1.15. The van der Waals surface area contributed by atoms with E-state index in [0.29, 0.717) is 18.9 Å². The summed E-state index contributed by atoms with van der Waals surface area (Å²) in [6, 6.07) is 19.6. The van der Waals surface area contributed by atoms with Crippen LogP contribution < -0.4 is 10.1 Å². The smallest absolute Gasteiger partial charge is 0.230 e. The highest BCUT2D eigenvalue weighted by Gasteiger charge is 2.07. The quantitative estimate of drug-likeness (QED) is 0.479. The van der Waals surface area contributed by atoms with Crippen LogP contribution >= 0.6 is 23.1 Å². The van der Waals surface area contributed by atoms with E-state index in [4.69, 9.17) is 4.74 Å². The molecule has 0 aliphatic rings. The van der Waals surface area contributed by atoms with Crippen LogP contribution in [0, 0.1) is 0 Å². The predicted octanol–water partition coefficient (Wildman–Crippen LogP) is 4.10. The number of hydrogen-bond acceptors (Lipinski definition) is 5. The van der Waals surface area contributed by atoms with Gasteiger partial charge in [0.05, 0.1) is 18.0 Å². The Labute approximate surface area is 155 Å². The Morgan fingerprint density at radius 3 is 2.56 bits per heavy atom. The number of ether oxygens (including phenoxy) is 1. The molecule has 0 aliphatic heterocycles. The van der Waals surface area contributed by atoms with Gasteiger partial charge in [-0.15, -0.1) is 11.3 Å². The van der Waals surface area contributed by atoms with Crippen molar-refractivity contribution in [2.45, 2.75) is 4.34 Å². The number of carbonyl (C=O) groups excluding carboxylic acids is 1. The fourth-order valence-corrected chi connectivity index (χ4v) is 3.78. The summed E-state index contributed by atoms with van der Waals surface area (Å²) >= 11 is 3.01. The van der Waals surface area contributed by atoms with Crippen LogP contribution in [0.25, 0.3) is 11.3 Å². The largest absolute Gasteiger partial charge is 0.492 e. The Balaban J connectivity index is 1.37. The molecular formula is C19H18N2O2S2. The van der Waals surface area contributed by atoms with Gasteiger partial charge in [-0.05, 0) is 12.1 Å². The molecule has 1 aromatic heterocycles. The van der Waals surface area contributed by atoms with E-state index in [-0.39, 0.29) is 5.91 Å². The van der Waals surface area contributed by atoms with Crippen molar-refractivity contribution in [3.63, 3.8) is 0 Å². The van der Waals surface area contributed by atoms with E-state index in [2.05, 4.69) is 10.3 Å². The molecule has 3 aromatic rings. The zero-order valence-corrected chi connectivity index (χ0v) is 15.2. The minimum absolute atomic E-state index is 0.0156. The van der Waals surface area contributed by atoms with Gasteiger partial charge in [-0.1, -0.05) is 60.3 Å². The van der Waals surface area contributed by atoms with Gasteiger partial charge in [-0.3, -0.25) is 4.79 Å². The van der Waals surface area contributed by atoms with Crippen molar-refractivity contribution in [2.75, 3.05) is 18.9 Å². The van der Waals surface area contributed by atoms with Gasteiger partial charge in [-0.2, -0.15) is 0 Å². The molecule has 0 bridgehead atoms. The van der Waals surface area contributed by atoms with Crippen molar-refractivity contribution in [1.29, 1.82) is 0 Å². The number of nitrogens with zero attached hydrogens (tertiary/aromatic N) is 1. The van der Waals surface area contributed by atoms with E-state index in [9.17, 15) is 4.79 Å². The van der Waals surface area contributed by atoms with Crippen LogP contribution in [0.3, 0.4) is 0 Å². The third-order valence-corrected chi connectivity index (χ3v) is 5.34. The number of amides is 1. The predicted molar refractivity (Wildman–Crippen MR) is 103 cm³/mol. The number of thiazole rings is 1. The van der Waals surface area contributed by atoms with Gasteiger partial charge in [0, 0.05) is 10.9 Å². The highest BCUT2D eigenvalue weighted by Crippen LogP contribution is 2.27. The van der Waals surface area contributed by atoms with Crippen LogP contribution in [0.5, 0.6) is 5.75 Å². The highest BCUT2D eigenvalue weighted by molar-refractivity contribution is 8.01. The third kappa shape index (κ3) is 5.62. The number of benzene rings is 2. The monoisotopic (exact) mass is 370 g/mol. The second-order valence-electron chi connectivity index (χ2n) is 5.16. The van der Waals surface area contributed by atoms with E-state index >= 15 is 0 Å². The molecule has 0 atom stereocenters. The maximum absolute atomic E-state index is 11.9. The molecule has 25 heavy (non-hydrogen) atoms. The molecular weight excluding hydrogens is 352 g/mol. The maximum atomic E-state index is 11.9. The summed E-state index contributed by atoms with van der Waals surface area (Å²) in [5, 5.41) is 4.87. The topological polar surface area (TPSA) is 51.2 Å². The molecule has 2 aromatic carbocycles. The molecule has 3 rings (SSSR count). The molecule has 1 heterocycles. The molecule has 0 aliphatic carbocycles. The van der Waals surface area contributed by atoms with Crippen LogP contribution in [0.2, 0.25) is 0 Å². The Morgan fingerprint density at radius 1 is 1.08 bits per heavy atom. The lowest BCUT2D eigenvalue weighted by Crippen LogP contribution is -2.29. The van der Waals surface area contributed by atoms with Gasteiger partial charge >= 0.3 is 0 Å². The number of rotatable bonds is 8. The van der Waals surface area contributed by atoms with Crippen LogP contribution in [0.15, 0.2) is 70.4 Å². The van der Waals surface area contributed by atoms with Crippen molar-refractivity contribution in [3.8, 4) is 17.0 Å². The summed E-state index contributed by atoms with van der Waals surface area (Å²) in [4.78, 5) is 16.5. The van der Waals surface area contributed by atoms with E-state index in [0.717, 1.165) is 21.3 Å². The molecule has 4 nitrogen and oxygen atoms in total. The number of nitrogens with one attached hydrogen (secondary N) is 1. The van der Waals surface area contributed by atoms with Gasteiger partial charge in [0.1, 0.15) is 12.4 Å². The van der Waals surface area contributed by atoms with Crippen LogP contribution in [0.4, 0.5) is 0 Å². The average Bonchev–Trinajstić information content (AvgIpc) is 3.14. The first kappa shape index (κ1) is 17.5. The van der Waals surface area contributed by atoms with Crippen LogP contribution in [-0.2, 0) is 4.79 Å². The van der Waals surface area contributed by atoms with Gasteiger partial charge in [0.25, 0.3) is 0 Å². The molecule has 1 amide bonds. The summed E-state index contributed by atoms with van der Waals surface area (Å²) in [6.45, 7) is 0.942. The molecule has 0 saturated carbocycles. The fourth-order valence-electron chi connectivity index (χ4n) is 2.12. The first-order valence-electron chi connectivity index (χ1n) is 7.89. The lowest BCUT2D eigenvalue weighted by atomic mass is 10.2. The van der Waals surface area contributed by atoms with Crippen LogP contribution in [0.1, 0.15) is 0 Å². The van der Waals surface area contributed by atoms with Crippen molar-refractivity contribution < 1.29 is 9.53 Å². The summed E-state index contributed by atoms with van der Waals surface area (Å²) in [6.07, 6.45) is 0. The van der Waals surface area contributed by atoms with Crippen molar-refractivity contribution in [3.05, 3.63) is 66.0 Å². The minimum Gasteiger partial charge on any atom is -0.492 e. The van der Waals surface area contributed by atoms with Crippen molar-refractivity contribution >= 4 is 29.0 Å². The van der Waals surface area contributed by atoms with Crippen molar-refractivity contribution in [1.82, 2.24) is 10.3 Å². The van der Waals surface area contributed by atoms with E-state index in [1.54, 1.807) is 11.3 Å². The Hall–Kier alpha value is -2.31. The molecule has 128 valence electrons. The third-order valence-electron chi connectivity index (χ3n) is 3.32. The fraction of sp³-hybridized carbons (Fsp3) is 0.158. The first-order valence-corrected chi connectivity index (χ1v) is 9.76. The zero-order valence-electron chi connectivity index (χ0n) is 13.6. The summed E-state index contributed by atoms with van der Waals surface area (Å²) < 4.78 is 6.44. The molecule has 0 spiro atoms. The lowest BCUT2D eigenvalue weighted by molar-refractivity contribution is -0.118. The Bertz CT molecular complexity index is 791. The van der Waals surface area contributed by atoms with E-state index in [1.807, 2.05) is 66.0 Å².